The molecule has 0 heterocycles. The number of halogens is 1. The van der Waals surface area contributed by atoms with E-state index in [0.29, 0.717) is 16.6 Å². The van der Waals surface area contributed by atoms with Crippen LogP contribution in [0.1, 0.15) is 18.9 Å². The summed E-state index contributed by atoms with van der Waals surface area (Å²) in [5, 5.41) is 3.26. The first-order valence-electron chi connectivity index (χ1n) is 6.20. The summed E-state index contributed by atoms with van der Waals surface area (Å²) < 4.78 is 4.96. The van der Waals surface area contributed by atoms with Gasteiger partial charge < -0.3 is 10.1 Å². The Hall–Kier alpha value is -1.55. The van der Waals surface area contributed by atoms with Crippen LogP contribution >= 0.6 is 11.6 Å². The van der Waals surface area contributed by atoms with Gasteiger partial charge in [0.1, 0.15) is 0 Å². The Morgan fingerprint density at radius 2 is 2.16 bits per heavy atom. The summed E-state index contributed by atoms with van der Waals surface area (Å²) in [7, 11) is 0. The van der Waals surface area contributed by atoms with E-state index in [9.17, 15) is 9.59 Å². The van der Waals surface area contributed by atoms with Crippen LogP contribution in [-0.2, 0) is 14.3 Å². The third kappa shape index (κ3) is 3.47. The van der Waals surface area contributed by atoms with Crippen molar-refractivity contribution < 1.29 is 14.3 Å². The molecule has 0 unspecified atom stereocenters. The van der Waals surface area contributed by atoms with E-state index in [-0.39, 0.29) is 24.4 Å². The maximum atomic E-state index is 11.7. The van der Waals surface area contributed by atoms with Crippen LogP contribution in [0.2, 0.25) is 5.02 Å². The van der Waals surface area contributed by atoms with E-state index in [1.165, 1.54) is 0 Å². The minimum atomic E-state index is -0.355. The van der Waals surface area contributed by atoms with Crippen molar-refractivity contribution in [2.45, 2.75) is 20.3 Å². The van der Waals surface area contributed by atoms with Gasteiger partial charge in [-0.1, -0.05) is 24.6 Å². The number of hydrogen-bond acceptors (Lipinski definition) is 3. The number of benzene rings is 1. The fraction of sp³-hybridized carbons (Fsp3) is 0.429. The van der Waals surface area contributed by atoms with Crippen LogP contribution in [0.25, 0.3) is 0 Å². The number of nitrogens with one attached hydrogen (secondary N) is 1. The maximum Gasteiger partial charge on any atom is 0.309 e. The normalized spacial score (nSPS) is 20.8. The number of carbonyl (C=O) groups is 2. The van der Waals surface area contributed by atoms with Gasteiger partial charge in [0.15, 0.2) is 6.61 Å². The molecule has 1 amide bonds. The smallest absolute Gasteiger partial charge is 0.309 e. The van der Waals surface area contributed by atoms with Gasteiger partial charge >= 0.3 is 5.97 Å². The number of anilines is 1. The van der Waals surface area contributed by atoms with Crippen molar-refractivity contribution in [3.63, 3.8) is 0 Å². The van der Waals surface area contributed by atoms with Crippen LogP contribution in [0, 0.1) is 18.8 Å². The first-order chi connectivity index (χ1) is 8.99. The molecule has 0 spiro atoms. The van der Waals surface area contributed by atoms with Crippen molar-refractivity contribution in [2.75, 3.05) is 11.9 Å². The van der Waals surface area contributed by atoms with Gasteiger partial charge in [-0.3, -0.25) is 9.59 Å². The molecule has 1 aromatic carbocycles. The average Bonchev–Trinajstić information content (AvgIpc) is 3.09. The molecule has 2 rings (SSSR count). The van der Waals surface area contributed by atoms with Crippen molar-refractivity contribution in [1.29, 1.82) is 0 Å². The van der Waals surface area contributed by atoms with E-state index in [0.717, 1.165) is 12.0 Å². The molecule has 0 saturated heterocycles. The summed E-state index contributed by atoms with van der Waals surface area (Å²) in [6, 6.07) is 5.26. The third-order valence-corrected chi connectivity index (χ3v) is 3.71. The molecule has 1 aromatic rings. The SMILES string of the molecule is Cc1c(Cl)cccc1NC(=O)COC(=O)[C@@H]1C[C@@H]1C. The number of amides is 1. The fourth-order valence-corrected chi connectivity index (χ4v) is 2.00. The molecule has 5 heteroatoms. The molecule has 0 aromatic heterocycles. The van der Waals surface area contributed by atoms with E-state index >= 15 is 0 Å². The monoisotopic (exact) mass is 281 g/mol. The lowest BCUT2D eigenvalue weighted by Crippen LogP contribution is -2.22. The van der Waals surface area contributed by atoms with Gasteiger partial charge in [-0.15, -0.1) is 0 Å². The molecule has 1 fully saturated rings. The molecule has 1 aliphatic carbocycles. The molecule has 1 saturated carbocycles. The van der Waals surface area contributed by atoms with Crippen molar-refractivity contribution >= 4 is 29.2 Å². The molecular weight excluding hydrogens is 266 g/mol. The van der Waals surface area contributed by atoms with E-state index in [2.05, 4.69) is 5.32 Å². The van der Waals surface area contributed by atoms with Crippen molar-refractivity contribution in [3.8, 4) is 0 Å². The van der Waals surface area contributed by atoms with Crippen LogP contribution < -0.4 is 5.32 Å². The Morgan fingerprint density at radius 1 is 1.47 bits per heavy atom. The van der Waals surface area contributed by atoms with Crippen LogP contribution in [0.15, 0.2) is 18.2 Å². The second-order valence-electron chi connectivity index (χ2n) is 4.89. The summed E-state index contributed by atoms with van der Waals surface area (Å²) in [4.78, 5) is 23.1. The predicted molar refractivity (Wildman–Crippen MR) is 73.0 cm³/mol. The Kier molecular flexibility index (Phi) is 4.10. The number of hydrogen-bond donors (Lipinski definition) is 1. The van der Waals surface area contributed by atoms with Crippen LogP contribution in [0.4, 0.5) is 5.69 Å². The number of carbonyl (C=O) groups excluding carboxylic acids is 2. The summed E-state index contributed by atoms with van der Waals surface area (Å²) in [6.45, 7) is 3.55. The second-order valence-corrected chi connectivity index (χ2v) is 5.29. The van der Waals surface area contributed by atoms with Gasteiger partial charge in [0, 0.05) is 10.7 Å². The summed E-state index contributed by atoms with van der Waals surface area (Å²) in [5.74, 6) is -0.288. The Morgan fingerprint density at radius 3 is 2.79 bits per heavy atom. The zero-order valence-corrected chi connectivity index (χ0v) is 11.7. The zero-order chi connectivity index (χ0) is 14.0. The maximum absolute atomic E-state index is 11.7. The highest BCUT2D eigenvalue weighted by Crippen LogP contribution is 2.38. The zero-order valence-electron chi connectivity index (χ0n) is 10.9. The molecule has 102 valence electrons. The van der Waals surface area contributed by atoms with Crippen molar-refractivity contribution in [1.82, 2.24) is 0 Å². The summed E-state index contributed by atoms with van der Waals surface area (Å²) >= 11 is 5.95. The van der Waals surface area contributed by atoms with E-state index < -0.39 is 0 Å². The van der Waals surface area contributed by atoms with E-state index in [1.807, 2.05) is 13.8 Å². The van der Waals surface area contributed by atoms with Gasteiger partial charge in [0.05, 0.1) is 5.92 Å². The largest absolute Gasteiger partial charge is 0.455 e. The predicted octanol–water partition coefficient (Wildman–Crippen LogP) is 2.79. The highest BCUT2D eigenvalue weighted by molar-refractivity contribution is 6.31. The number of rotatable bonds is 4. The van der Waals surface area contributed by atoms with E-state index in [1.54, 1.807) is 18.2 Å². The first-order valence-corrected chi connectivity index (χ1v) is 6.58. The van der Waals surface area contributed by atoms with Gasteiger partial charge in [-0.05, 0) is 37.0 Å². The summed E-state index contributed by atoms with van der Waals surface area (Å²) in [5.41, 5.74) is 1.42. The van der Waals surface area contributed by atoms with Crippen LogP contribution in [0.5, 0.6) is 0 Å². The Balaban J connectivity index is 1.84. The Labute approximate surface area is 117 Å². The molecule has 19 heavy (non-hydrogen) atoms. The average molecular weight is 282 g/mol. The molecule has 1 aliphatic rings. The molecule has 0 radical (unpaired) electrons. The highest BCUT2D eigenvalue weighted by Gasteiger charge is 2.40. The second kappa shape index (κ2) is 5.61. The molecule has 0 bridgehead atoms. The lowest BCUT2D eigenvalue weighted by molar-refractivity contribution is -0.148. The van der Waals surface area contributed by atoms with Gasteiger partial charge in [-0.2, -0.15) is 0 Å². The van der Waals surface area contributed by atoms with Crippen molar-refractivity contribution in [2.24, 2.45) is 11.8 Å². The lowest BCUT2D eigenvalue weighted by atomic mass is 10.2. The third-order valence-electron chi connectivity index (χ3n) is 3.30. The highest BCUT2D eigenvalue weighted by atomic mass is 35.5. The van der Waals surface area contributed by atoms with Gasteiger partial charge in [-0.25, -0.2) is 0 Å². The molecule has 2 atom stereocenters. The first kappa shape index (κ1) is 13.9. The van der Waals surface area contributed by atoms with Crippen LogP contribution in [0.3, 0.4) is 0 Å². The quantitative estimate of drug-likeness (QED) is 0.864. The van der Waals surface area contributed by atoms with Gasteiger partial charge in [0.2, 0.25) is 0 Å². The number of esters is 1. The van der Waals surface area contributed by atoms with Gasteiger partial charge in [0.25, 0.3) is 5.91 Å². The minimum absolute atomic E-state index is 0.0271. The molecule has 4 nitrogen and oxygen atoms in total. The molecule has 1 N–H and O–H groups in total. The Bertz CT molecular complexity index is 515. The lowest BCUT2D eigenvalue weighted by Gasteiger charge is -2.09. The van der Waals surface area contributed by atoms with Crippen LogP contribution in [-0.4, -0.2) is 18.5 Å². The molecular formula is C14H16ClNO3. The summed E-state index contributed by atoms with van der Waals surface area (Å²) in [6.07, 6.45) is 0.855. The number of ether oxygens (including phenoxy) is 1. The topological polar surface area (TPSA) is 55.4 Å². The minimum Gasteiger partial charge on any atom is -0.455 e. The standard InChI is InChI=1S/C14H16ClNO3/c1-8-6-10(8)14(18)19-7-13(17)16-12-5-3-4-11(15)9(12)2/h3-5,8,10H,6-7H2,1-2H3,(H,16,17)/t8-,10+/m0/s1. The van der Waals surface area contributed by atoms with E-state index in [4.69, 9.17) is 16.3 Å². The van der Waals surface area contributed by atoms with Crippen molar-refractivity contribution in [3.05, 3.63) is 28.8 Å². The fourth-order valence-electron chi connectivity index (χ4n) is 1.82. The molecule has 0 aliphatic heterocycles.